The van der Waals surface area contributed by atoms with Crippen LogP contribution in [0.15, 0.2) is 21.9 Å². The maximum absolute atomic E-state index is 12.3. The fourth-order valence-corrected chi connectivity index (χ4v) is 6.46. The number of H-pyrrole nitrogens is 1. The number of aliphatic hydroxyl groups is 4. The first kappa shape index (κ1) is 40.1. The largest absolute Gasteiger partial charge is 0.508 e. The van der Waals surface area contributed by atoms with Gasteiger partial charge in [-0.3, -0.25) is 23.4 Å². The maximum atomic E-state index is 12.3. The third kappa shape index (κ3) is 11.6. The molecule has 3 rings (SSSR count). The summed E-state index contributed by atoms with van der Waals surface area (Å²) in [6.07, 6.45) is -13.7. The van der Waals surface area contributed by atoms with Crippen LogP contribution in [0.2, 0.25) is 0 Å². The Labute approximate surface area is 262 Å². The smallest absolute Gasteiger partial charge is 0.438 e. The van der Waals surface area contributed by atoms with E-state index >= 15 is 0 Å². The van der Waals surface area contributed by atoms with Gasteiger partial charge in [-0.05, 0) is 19.6 Å². The molecule has 0 saturated carbocycles. The van der Waals surface area contributed by atoms with Crippen molar-refractivity contribution in [3.05, 3.63) is 33.1 Å². The summed E-state index contributed by atoms with van der Waals surface area (Å²) in [5.41, 5.74) is -1.66. The molecule has 0 aromatic carbocycles. The number of hydrogen-bond acceptors (Lipinski definition) is 17. The zero-order valence-corrected chi connectivity index (χ0v) is 27.2. The first-order valence-electron chi connectivity index (χ1n) is 13.9. The van der Waals surface area contributed by atoms with Crippen LogP contribution >= 0.6 is 15.6 Å². The van der Waals surface area contributed by atoms with Gasteiger partial charge >= 0.3 is 27.5 Å². The molecule has 266 valence electrons. The van der Waals surface area contributed by atoms with Crippen LogP contribution in [0.1, 0.15) is 33.4 Å². The Kier molecular flexibility index (Phi) is 15.6. The molecule has 2 saturated heterocycles. The molecular weight excluding hydrogens is 668 g/mol. The van der Waals surface area contributed by atoms with Crippen molar-refractivity contribution in [2.75, 3.05) is 40.0 Å². The third-order valence-corrected chi connectivity index (χ3v) is 9.34. The van der Waals surface area contributed by atoms with Gasteiger partial charge < -0.3 is 54.1 Å². The van der Waals surface area contributed by atoms with Crippen LogP contribution in [0.5, 0.6) is 0 Å². The van der Waals surface area contributed by atoms with E-state index in [1.807, 2.05) is 4.98 Å². The number of methoxy groups -OCH3 is 1. The Hall–Kier alpha value is -2.07. The monoisotopic (exact) mass is 709 g/mol. The number of aromatic amines is 1. The Morgan fingerprint density at radius 1 is 1.04 bits per heavy atom. The minimum Gasteiger partial charge on any atom is -0.438 e. The second-order valence-corrected chi connectivity index (χ2v) is 12.7. The van der Waals surface area contributed by atoms with Crippen LogP contribution in [0.3, 0.4) is 0 Å². The number of hydrogen-bond donors (Lipinski definition) is 7. The van der Waals surface area contributed by atoms with Crippen LogP contribution in [-0.2, 0) is 41.4 Å². The van der Waals surface area contributed by atoms with Crippen molar-refractivity contribution < 1.29 is 76.4 Å². The van der Waals surface area contributed by atoms with Gasteiger partial charge in [0, 0.05) is 18.7 Å². The van der Waals surface area contributed by atoms with Gasteiger partial charge in [0.2, 0.25) is 0 Å². The molecule has 0 bridgehead atoms. The number of nitrogens with zero attached hydrogens (tertiary/aromatic N) is 2. The number of phosphoric ester groups is 2. The van der Waals surface area contributed by atoms with Crippen LogP contribution < -0.4 is 11.2 Å². The van der Waals surface area contributed by atoms with Crippen molar-refractivity contribution in [2.24, 2.45) is 0 Å². The second-order valence-electron chi connectivity index (χ2n) is 9.75. The molecular formula is C23H41N3O18P2. The molecule has 0 amide bonds. The van der Waals surface area contributed by atoms with Crippen LogP contribution in [0, 0.1) is 0 Å². The molecule has 2 aliphatic rings. The summed E-state index contributed by atoms with van der Waals surface area (Å²) < 4.78 is 58.5. The van der Waals surface area contributed by atoms with Crippen molar-refractivity contribution in [3.8, 4) is 0 Å². The number of ether oxygens (including phenoxy) is 4. The zero-order valence-electron chi connectivity index (χ0n) is 25.4. The number of aliphatic hydroxyl groups excluding tert-OH is 4. The third-order valence-electron chi connectivity index (χ3n) is 6.74. The predicted molar refractivity (Wildman–Crippen MR) is 152 cm³/mol. The average molecular weight is 710 g/mol. The van der Waals surface area contributed by atoms with Crippen LogP contribution in [-0.4, -0.2) is 134 Å². The molecule has 23 heteroatoms. The van der Waals surface area contributed by atoms with Gasteiger partial charge in [-0.1, -0.05) is 20.8 Å². The Balaban J connectivity index is 0.000000942. The van der Waals surface area contributed by atoms with Gasteiger partial charge in [0.15, 0.2) is 18.6 Å². The average Bonchev–Trinajstić information content (AvgIpc) is 3.39. The lowest BCUT2D eigenvalue weighted by atomic mass is 10.00. The first-order valence-corrected chi connectivity index (χ1v) is 16.9. The molecule has 2 fully saturated rings. The molecule has 0 radical (unpaired) electrons. The lowest BCUT2D eigenvalue weighted by molar-refractivity contribution is -0.280. The highest BCUT2D eigenvalue weighted by atomic mass is 31.3. The molecule has 10 atom stereocenters. The molecule has 1 aromatic rings. The van der Waals surface area contributed by atoms with Gasteiger partial charge in [0.25, 0.3) is 5.56 Å². The van der Waals surface area contributed by atoms with Gasteiger partial charge in [0.05, 0.1) is 26.4 Å². The number of phosphoric acid groups is 2. The number of rotatable bonds is 13. The predicted octanol–water partition coefficient (Wildman–Crippen LogP) is -1.63. The van der Waals surface area contributed by atoms with Gasteiger partial charge in [-0.25, -0.2) is 18.7 Å². The summed E-state index contributed by atoms with van der Waals surface area (Å²) in [7, 11) is -9.99. The van der Waals surface area contributed by atoms with Crippen molar-refractivity contribution in [1.82, 2.24) is 14.5 Å². The Morgan fingerprint density at radius 3 is 2.20 bits per heavy atom. The fraction of sp³-hybridized carbons (Fsp3) is 0.783. The topological polar surface area (TPSA) is 295 Å². The highest BCUT2D eigenvalue weighted by Gasteiger charge is 2.49. The first-order chi connectivity index (χ1) is 21.5. The Morgan fingerprint density at radius 2 is 1.67 bits per heavy atom. The fourth-order valence-electron chi connectivity index (χ4n) is 4.28. The molecule has 1 aromatic heterocycles. The number of nitrogens with one attached hydrogen (secondary N) is 1. The molecule has 2 aliphatic heterocycles. The molecule has 46 heavy (non-hydrogen) atoms. The summed E-state index contributed by atoms with van der Waals surface area (Å²) in [6.45, 7) is 8.40. The van der Waals surface area contributed by atoms with Crippen molar-refractivity contribution in [2.45, 2.75) is 76.3 Å². The zero-order chi connectivity index (χ0) is 34.8. The van der Waals surface area contributed by atoms with E-state index in [0.717, 1.165) is 23.9 Å². The van der Waals surface area contributed by atoms with Crippen LogP contribution in [0.4, 0.5) is 4.79 Å². The van der Waals surface area contributed by atoms with Gasteiger partial charge in [-0.2, -0.15) is 4.31 Å². The van der Waals surface area contributed by atoms with E-state index in [2.05, 4.69) is 43.8 Å². The van der Waals surface area contributed by atoms with Gasteiger partial charge in [0.1, 0.15) is 24.4 Å². The van der Waals surface area contributed by atoms with Crippen molar-refractivity contribution in [3.63, 3.8) is 0 Å². The van der Waals surface area contributed by atoms with Crippen LogP contribution in [0.25, 0.3) is 0 Å². The van der Waals surface area contributed by atoms with E-state index in [1.165, 1.54) is 19.6 Å². The maximum Gasteiger partial charge on any atom is 0.508 e. The number of carbonyl (C=O) groups excluding carboxylic acids is 1. The molecule has 0 aliphatic carbocycles. The minimum absolute atomic E-state index is 0.247. The van der Waals surface area contributed by atoms with E-state index in [-0.39, 0.29) is 6.42 Å². The van der Waals surface area contributed by atoms with E-state index in [1.54, 1.807) is 0 Å². The summed E-state index contributed by atoms with van der Waals surface area (Å²) in [6, 6.07) is 0.980. The highest BCUT2D eigenvalue weighted by molar-refractivity contribution is 7.61. The molecule has 3 heterocycles. The Bertz CT molecular complexity index is 1320. The van der Waals surface area contributed by atoms with Crippen molar-refractivity contribution >= 4 is 21.8 Å². The minimum atomic E-state index is -5.57. The molecule has 7 N–H and O–H groups in total. The standard InChI is InChI=1S/C17H26N2O18P2.C6H15N/c1-31-17(26)35-8-4-7(33-14(8)19-3-2-10(21)18-16(19)25)6-32-38(27,28)37-39(29,30)36-15-13(24)12(23)11(22)9(5-20)34-15;1-4-7(5-2)6-3/h2-3,7-9,11-15,20,22-24H,4-6H2,1H3,(H,27,28)(H,29,30)(H,18,21,25);4-6H2,1-3H3/t7-,8+,9+,11+,12-,13+,14+,15+;/m0./s1. The lowest BCUT2D eigenvalue weighted by Gasteiger charge is -2.39. The van der Waals surface area contributed by atoms with Gasteiger partial charge in [-0.15, -0.1) is 0 Å². The quantitative estimate of drug-likeness (QED) is 0.0894. The molecule has 2 unspecified atom stereocenters. The summed E-state index contributed by atoms with van der Waals surface area (Å²) in [5.74, 6) is 0. The summed E-state index contributed by atoms with van der Waals surface area (Å²) in [5, 5.41) is 38.5. The second kappa shape index (κ2) is 17.9. The van der Waals surface area contributed by atoms with E-state index in [9.17, 15) is 48.6 Å². The van der Waals surface area contributed by atoms with E-state index in [0.29, 0.717) is 0 Å². The number of carbonyl (C=O) groups is 1. The lowest BCUT2D eigenvalue weighted by Crippen LogP contribution is -2.58. The highest BCUT2D eigenvalue weighted by Crippen LogP contribution is 2.61. The number of aromatic nitrogens is 2. The SMILES string of the molecule is CCN(CC)CC.COC(=O)O[C@@H]1C[C@@H](COP(=O)(O)OP(=O)(O)O[C@H]2O[C@H](CO)[C@@H](O)[C@H](O)[C@H]2O)O[C@H]1n1ccc(=O)[nH]c1=O. The summed E-state index contributed by atoms with van der Waals surface area (Å²) >= 11 is 0. The normalized spacial score (nSPS) is 30.5. The van der Waals surface area contributed by atoms with E-state index < -0.39 is 95.4 Å². The molecule has 21 nitrogen and oxygen atoms in total. The van der Waals surface area contributed by atoms with E-state index in [4.69, 9.17) is 19.3 Å². The summed E-state index contributed by atoms with van der Waals surface area (Å²) in [4.78, 5) is 59.2. The van der Waals surface area contributed by atoms with Crippen molar-refractivity contribution in [1.29, 1.82) is 0 Å². The molecule has 0 spiro atoms.